The molecule has 1 atom stereocenters. The van der Waals surface area contributed by atoms with Crippen LogP contribution in [0.2, 0.25) is 0 Å². The number of hydrogen-bond donors (Lipinski definition) is 0. The molecule has 0 rings (SSSR count). The maximum absolute atomic E-state index is 12.0. The van der Waals surface area contributed by atoms with E-state index >= 15 is 0 Å². The van der Waals surface area contributed by atoms with Gasteiger partial charge < -0.3 is 9.47 Å². The maximum Gasteiger partial charge on any atom is 0.306 e. The van der Waals surface area contributed by atoms with E-state index in [0.29, 0.717) is 25.4 Å². The third-order valence-electron chi connectivity index (χ3n) is 4.99. The molecule has 0 aliphatic heterocycles. The second kappa shape index (κ2) is 19.3. The van der Waals surface area contributed by atoms with E-state index < -0.39 is 0 Å². The molecule has 0 heterocycles. The van der Waals surface area contributed by atoms with E-state index in [1.807, 2.05) is 0 Å². The van der Waals surface area contributed by atoms with Gasteiger partial charge in [-0.2, -0.15) is 0 Å². The third-order valence-corrected chi connectivity index (χ3v) is 4.99. The lowest BCUT2D eigenvalue weighted by atomic mass is 10.1. The van der Waals surface area contributed by atoms with Gasteiger partial charge in [-0.1, -0.05) is 72.6 Å². The smallest absolute Gasteiger partial charge is 0.306 e. The molecule has 0 aliphatic rings. The average molecular weight is 399 g/mol. The minimum absolute atomic E-state index is 0.0326. The summed E-state index contributed by atoms with van der Waals surface area (Å²) in [6.45, 7) is 9.23. The lowest BCUT2D eigenvalue weighted by Gasteiger charge is -2.17. The van der Waals surface area contributed by atoms with Gasteiger partial charge in [0.15, 0.2) is 0 Å². The summed E-state index contributed by atoms with van der Waals surface area (Å²) in [4.78, 5) is 23.6. The fraction of sp³-hybridized carbons (Fsp3) is 0.917. The molecule has 0 aliphatic carbocycles. The summed E-state index contributed by atoms with van der Waals surface area (Å²) in [5.41, 5.74) is 0. The fourth-order valence-electron chi connectivity index (χ4n) is 3.26. The molecule has 0 radical (unpaired) electrons. The van der Waals surface area contributed by atoms with Gasteiger partial charge in [0.05, 0.1) is 6.61 Å². The Morgan fingerprint density at radius 3 is 1.86 bits per heavy atom. The molecule has 0 bridgehead atoms. The van der Waals surface area contributed by atoms with Crippen LogP contribution in [-0.4, -0.2) is 24.6 Å². The van der Waals surface area contributed by atoms with Crippen LogP contribution in [0.25, 0.3) is 0 Å². The number of esters is 2. The highest BCUT2D eigenvalue weighted by atomic mass is 16.5. The molecule has 166 valence electrons. The molecule has 28 heavy (non-hydrogen) atoms. The predicted octanol–water partition coefficient (Wildman–Crippen LogP) is 6.99. The monoisotopic (exact) mass is 398 g/mol. The number of carbonyl (C=O) groups excluding carboxylic acids is 2. The van der Waals surface area contributed by atoms with Gasteiger partial charge >= 0.3 is 11.9 Å². The van der Waals surface area contributed by atoms with Crippen LogP contribution >= 0.6 is 0 Å². The van der Waals surface area contributed by atoms with Crippen LogP contribution < -0.4 is 0 Å². The Bertz CT molecular complexity index is 379. The Kier molecular flexibility index (Phi) is 18.5. The molecule has 0 aromatic carbocycles. The van der Waals surface area contributed by atoms with Crippen LogP contribution in [0.15, 0.2) is 0 Å². The van der Waals surface area contributed by atoms with Gasteiger partial charge in [0.1, 0.15) is 6.10 Å². The van der Waals surface area contributed by atoms with Crippen molar-refractivity contribution in [2.45, 2.75) is 130 Å². The molecule has 0 aromatic rings. The van der Waals surface area contributed by atoms with Gasteiger partial charge in [0.25, 0.3) is 0 Å². The minimum atomic E-state index is -0.0591. The Hall–Kier alpha value is -1.06. The Labute approximate surface area is 174 Å². The largest absolute Gasteiger partial charge is 0.466 e. The van der Waals surface area contributed by atoms with Gasteiger partial charge in [-0.05, 0) is 44.4 Å². The van der Waals surface area contributed by atoms with E-state index in [9.17, 15) is 9.59 Å². The van der Waals surface area contributed by atoms with Crippen molar-refractivity contribution in [1.29, 1.82) is 0 Å². The van der Waals surface area contributed by atoms with Crippen LogP contribution in [0.1, 0.15) is 124 Å². The Morgan fingerprint density at radius 1 is 0.679 bits per heavy atom. The van der Waals surface area contributed by atoms with Crippen molar-refractivity contribution in [1.82, 2.24) is 0 Å². The minimum Gasteiger partial charge on any atom is -0.466 e. The number of unbranched alkanes of at least 4 members (excludes halogenated alkanes) is 6. The molecule has 0 N–H and O–H groups in total. The number of hydrogen-bond acceptors (Lipinski definition) is 4. The number of rotatable bonds is 19. The first-order valence-electron chi connectivity index (χ1n) is 11.8. The Balaban J connectivity index is 3.52. The molecule has 0 aromatic heterocycles. The Morgan fingerprint density at radius 2 is 1.29 bits per heavy atom. The van der Waals surface area contributed by atoms with E-state index in [2.05, 4.69) is 27.7 Å². The highest BCUT2D eigenvalue weighted by Gasteiger charge is 2.12. The van der Waals surface area contributed by atoms with Gasteiger partial charge in [-0.25, -0.2) is 0 Å². The maximum atomic E-state index is 12.0. The number of carbonyl (C=O) groups is 2. The zero-order valence-electron chi connectivity index (χ0n) is 19.1. The lowest BCUT2D eigenvalue weighted by Crippen LogP contribution is -2.18. The van der Waals surface area contributed by atoms with Crippen molar-refractivity contribution >= 4 is 11.9 Å². The molecule has 0 saturated heterocycles. The SMILES string of the molecule is CCCCC(CCC)OC(=O)CCCCCCCCC(=O)OCCCC(C)C. The van der Waals surface area contributed by atoms with Gasteiger partial charge in [-0.3, -0.25) is 9.59 Å². The highest BCUT2D eigenvalue weighted by molar-refractivity contribution is 5.69. The fourth-order valence-corrected chi connectivity index (χ4v) is 3.26. The molecule has 0 fully saturated rings. The van der Waals surface area contributed by atoms with E-state index in [1.54, 1.807) is 0 Å². The van der Waals surface area contributed by atoms with E-state index in [-0.39, 0.29) is 18.0 Å². The summed E-state index contributed by atoms with van der Waals surface area (Å²) >= 11 is 0. The first kappa shape index (κ1) is 26.9. The van der Waals surface area contributed by atoms with Crippen LogP contribution in [-0.2, 0) is 19.1 Å². The summed E-state index contributed by atoms with van der Waals surface area (Å²) in [5.74, 6) is 0.574. The molecule has 0 amide bonds. The van der Waals surface area contributed by atoms with Crippen molar-refractivity contribution in [2.24, 2.45) is 5.92 Å². The first-order chi connectivity index (χ1) is 13.5. The van der Waals surface area contributed by atoms with E-state index in [0.717, 1.165) is 83.5 Å². The second-order valence-electron chi connectivity index (χ2n) is 8.42. The molecule has 0 spiro atoms. The van der Waals surface area contributed by atoms with Crippen molar-refractivity contribution in [3.05, 3.63) is 0 Å². The second-order valence-corrected chi connectivity index (χ2v) is 8.42. The normalized spacial score (nSPS) is 12.2. The molecular formula is C24H46O4. The standard InChI is InChI=1S/C24H46O4/c1-5-7-17-22(15-6-2)28-24(26)19-13-11-9-8-10-12-18-23(25)27-20-14-16-21(3)4/h21-22H,5-20H2,1-4H3. The van der Waals surface area contributed by atoms with Gasteiger partial charge in [0.2, 0.25) is 0 Å². The quantitative estimate of drug-likeness (QED) is 0.174. The predicted molar refractivity (Wildman–Crippen MR) is 116 cm³/mol. The van der Waals surface area contributed by atoms with Crippen molar-refractivity contribution in [3.63, 3.8) is 0 Å². The van der Waals surface area contributed by atoms with Crippen molar-refractivity contribution < 1.29 is 19.1 Å². The molecular weight excluding hydrogens is 352 g/mol. The summed E-state index contributed by atoms with van der Waals surface area (Å²) in [5, 5.41) is 0. The van der Waals surface area contributed by atoms with E-state index in [1.165, 1.54) is 0 Å². The average Bonchev–Trinajstić information content (AvgIpc) is 2.65. The van der Waals surface area contributed by atoms with Gasteiger partial charge in [-0.15, -0.1) is 0 Å². The van der Waals surface area contributed by atoms with Gasteiger partial charge in [0, 0.05) is 12.8 Å². The summed E-state index contributed by atoms with van der Waals surface area (Å²) in [6.07, 6.45) is 14.7. The zero-order chi connectivity index (χ0) is 21.0. The summed E-state index contributed by atoms with van der Waals surface area (Å²) in [6, 6.07) is 0. The zero-order valence-corrected chi connectivity index (χ0v) is 19.1. The van der Waals surface area contributed by atoms with Crippen molar-refractivity contribution in [2.75, 3.05) is 6.61 Å². The topological polar surface area (TPSA) is 52.6 Å². The van der Waals surface area contributed by atoms with Crippen LogP contribution in [0.4, 0.5) is 0 Å². The first-order valence-corrected chi connectivity index (χ1v) is 11.8. The van der Waals surface area contributed by atoms with Crippen LogP contribution in [0, 0.1) is 5.92 Å². The highest BCUT2D eigenvalue weighted by Crippen LogP contribution is 2.14. The molecule has 4 heteroatoms. The molecule has 4 nitrogen and oxygen atoms in total. The van der Waals surface area contributed by atoms with Crippen molar-refractivity contribution in [3.8, 4) is 0 Å². The number of ether oxygens (including phenoxy) is 2. The third kappa shape index (κ3) is 18.3. The summed E-state index contributed by atoms with van der Waals surface area (Å²) < 4.78 is 10.9. The summed E-state index contributed by atoms with van der Waals surface area (Å²) in [7, 11) is 0. The van der Waals surface area contributed by atoms with E-state index in [4.69, 9.17) is 9.47 Å². The van der Waals surface area contributed by atoms with Crippen LogP contribution in [0.3, 0.4) is 0 Å². The van der Waals surface area contributed by atoms with Crippen LogP contribution in [0.5, 0.6) is 0 Å². The molecule has 0 saturated carbocycles. The lowest BCUT2D eigenvalue weighted by molar-refractivity contribution is -0.150. The molecule has 1 unspecified atom stereocenters.